The summed E-state index contributed by atoms with van der Waals surface area (Å²) in [7, 11) is 10.6. The van der Waals surface area contributed by atoms with E-state index in [1.54, 1.807) is 0 Å². The van der Waals surface area contributed by atoms with E-state index in [9.17, 15) is 0 Å². The van der Waals surface area contributed by atoms with Gasteiger partial charge in [0.2, 0.25) is 0 Å². The van der Waals surface area contributed by atoms with Gasteiger partial charge in [-0.05, 0) is 0 Å². The Labute approximate surface area is 131 Å². The highest BCUT2D eigenvalue weighted by Gasteiger charge is 1.96. The zero-order valence-corrected chi connectivity index (χ0v) is 14.4. The Morgan fingerprint density at radius 2 is 0.955 bits per heavy atom. The summed E-state index contributed by atoms with van der Waals surface area (Å²) in [5, 5.41) is 22.2. The zero-order valence-electron chi connectivity index (χ0n) is 14.4. The Morgan fingerprint density at radius 1 is 0.727 bits per heavy atom. The number of carbonyl (C=O) groups excluding carboxylic acids is 1. The molecule has 0 rings (SSSR count). The lowest BCUT2D eigenvalue weighted by atomic mass is 11.2. The van der Waals surface area contributed by atoms with Crippen LogP contribution in [0.2, 0.25) is 0 Å². The number of methoxy groups -OCH3 is 6. The van der Waals surface area contributed by atoms with Crippen LogP contribution in [0.5, 0.6) is 0 Å². The Morgan fingerprint density at radius 3 is 0.955 bits per heavy atom. The van der Waals surface area contributed by atoms with E-state index in [1.165, 1.54) is 42.7 Å². The van der Waals surface area contributed by atoms with E-state index < -0.39 is 13.0 Å². The van der Waals surface area contributed by atoms with E-state index in [-0.39, 0.29) is 5.48 Å². The second-order valence-electron chi connectivity index (χ2n) is 2.11. The third-order valence-corrected chi connectivity index (χ3v) is 1.08. The van der Waals surface area contributed by atoms with Crippen molar-refractivity contribution >= 4 is 6.47 Å². The van der Waals surface area contributed by atoms with Crippen LogP contribution < -0.4 is 0 Å². The molecule has 0 aliphatic heterocycles. The molecule has 0 saturated carbocycles. The molecule has 0 aromatic heterocycles. The van der Waals surface area contributed by atoms with E-state index in [2.05, 4.69) is 28.4 Å². The van der Waals surface area contributed by atoms with E-state index >= 15 is 0 Å². The van der Waals surface area contributed by atoms with Crippen LogP contribution in [0.15, 0.2) is 0 Å². The lowest BCUT2D eigenvalue weighted by molar-refractivity contribution is -0.252. The van der Waals surface area contributed by atoms with E-state index in [0.29, 0.717) is 6.47 Å². The summed E-state index contributed by atoms with van der Waals surface area (Å²) in [6.07, 6.45) is 0. The van der Waals surface area contributed by atoms with Gasteiger partial charge >= 0.3 is 0 Å². The summed E-state index contributed by atoms with van der Waals surface area (Å²) in [5.41, 5.74) is 0. The van der Waals surface area contributed by atoms with Crippen molar-refractivity contribution in [3.63, 3.8) is 0 Å². The quantitative estimate of drug-likeness (QED) is 0.362. The third-order valence-electron chi connectivity index (χ3n) is 1.08. The average Bonchev–Trinajstić information content (AvgIpc) is 2.60. The molecule has 0 radical (unpaired) electrons. The zero-order chi connectivity index (χ0) is 18.1. The number of hydrogen-bond acceptors (Lipinski definition) is 10. The first-order valence-electron chi connectivity index (χ1n) is 5.25. The molecule has 0 amide bonds. The van der Waals surface area contributed by atoms with Crippen molar-refractivity contribution in [2.24, 2.45) is 0 Å². The van der Waals surface area contributed by atoms with Gasteiger partial charge in [0.15, 0.2) is 0 Å². The Balaban J connectivity index is -0.0000000392. The largest absolute Gasteiger partial charge is 0.471 e. The summed E-state index contributed by atoms with van der Waals surface area (Å²) >= 11 is 0. The minimum Gasteiger partial charge on any atom is -0.471 e. The average molecular weight is 340 g/mol. The number of rotatable bonds is 6. The maximum absolute atomic E-state index is 8.95. The monoisotopic (exact) mass is 340 g/mol. The Bertz CT molecular complexity index is 124. The van der Waals surface area contributed by atoms with Gasteiger partial charge in [0.1, 0.15) is 0 Å². The summed E-state index contributed by atoms with van der Waals surface area (Å²) in [5.74, 6) is 0. The van der Waals surface area contributed by atoms with Gasteiger partial charge in [-0.2, -0.15) is 0 Å². The highest BCUT2D eigenvalue weighted by atomic mass is 16.8. The molecule has 0 aliphatic rings. The van der Waals surface area contributed by atoms with Crippen LogP contribution in [0.3, 0.4) is 0 Å². The molecule has 11 heteroatoms. The molecule has 142 valence electrons. The number of hydrogen-bond donors (Lipinski definition) is 3. The van der Waals surface area contributed by atoms with Gasteiger partial charge in [0.25, 0.3) is 19.4 Å². The predicted octanol–water partition coefficient (Wildman–Crippen LogP) is -2.05. The van der Waals surface area contributed by atoms with Crippen molar-refractivity contribution in [2.45, 2.75) is 13.0 Å². The fourth-order valence-corrected chi connectivity index (χ4v) is 0.385. The summed E-state index contributed by atoms with van der Waals surface area (Å²) in [4.78, 5) is 8.95. The molecule has 22 heavy (non-hydrogen) atoms. The molecule has 0 heterocycles. The van der Waals surface area contributed by atoms with Crippen LogP contribution in [-0.4, -0.2) is 97.1 Å². The van der Waals surface area contributed by atoms with Crippen molar-refractivity contribution in [1.82, 2.24) is 0 Å². The maximum atomic E-state index is 8.95. The molecule has 5 N–H and O–H groups in total. The number of ether oxygens (including phenoxy) is 6. The van der Waals surface area contributed by atoms with Crippen molar-refractivity contribution < 1.29 is 54.0 Å². The van der Waals surface area contributed by atoms with Gasteiger partial charge in [0.05, 0.1) is 7.11 Å². The lowest BCUT2D eigenvalue weighted by Gasteiger charge is -2.08. The van der Waals surface area contributed by atoms with Gasteiger partial charge in [-0.15, -0.1) is 0 Å². The first kappa shape index (κ1) is 37.4. The molecule has 0 unspecified atom stereocenters. The topological polar surface area (TPSA) is 165 Å². The molecule has 0 fully saturated rings. The highest BCUT2D eigenvalue weighted by Crippen LogP contribution is 1.87. The van der Waals surface area contributed by atoms with Crippen molar-refractivity contribution in [2.75, 3.05) is 56.9 Å². The molecule has 0 aliphatic carbocycles. The van der Waals surface area contributed by atoms with Crippen molar-refractivity contribution in [3.8, 4) is 0 Å². The lowest BCUT2D eigenvalue weighted by Crippen LogP contribution is -2.14. The Hall–Kier alpha value is -0.890. The molecule has 0 saturated heterocycles. The van der Waals surface area contributed by atoms with Gasteiger partial charge < -0.3 is 49.2 Å². The second-order valence-corrected chi connectivity index (χ2v) is 2.11. The molecule has 0 aromatic rings. The molecule has 0 aromatic carbocycles. The highest BCUT2D eigenvalue weighted by molar-refractivity contribution is 5.36. The van der Waals surface area contributed by atoms with E-state index in [4.69, 9.17) is 20.1 Å². The normalized spacial score (nSPS) is 7.50. The minimum atomic E-state index is -1.06. The molecular weight excluding hydrogens is 308 g/mol. The van der Waals surface area contributed by atoms with Crippen LogP contribution in [0, 0.1) is 0 Å². The fourth-order valence-electron chi connectivity index (χ4n) is 0.385. The summed E-state index contributed by atoms with van der Waals surface area (Å²) < 4.78 is 26.1. The maximum Gasteiger partial charge on any atom is 0.292 e. The van der Waals surface area contributed by atoms with Gasteiger partial charge in [-0.3, -0.25) is 4.79 Å². The van der Waals surface area contributed by atoms with Crippen molar-refractivity contribution in [1.29, 1.82) is 0 Å². The van der Waals surface area contributed by atoms with Gasteiger partial charge in [-0.25, -0.2) is 0 Å². The molecular formula is C11H32O11. The van der Waals surface area contributed by atoms with E-state index in [1.807, 2.05) is 0 Å². The molecule has 0 bridgehead atoms. The second kappa shape index (κ2) is 50.1. The van der Waals surface area contributed by atoms with Crippen LogP contribution in [0.1, 0.15) is 0 Å². The Kier molecular flexibility index (Phi) is 85.1. The minimum absolute atomic E-state index is 0. The molecule has 0 atom stereocenters. The summed E-state index contributed by atoms with van der Waals surface area (Å²) in [6, 6.07) is 0. The smallest absolute Gasteiger partial charge is 0.292 e. The van der Waals surface area contributed by atoms with Crippen molar-refractivity contribution in [3.05, 3.63) is 0 Å². The van der Waals surface area contributed by atoms with Crippen LogP contribution >= 0.6 is 0 Å². The summed E-state index contributed by atoms with van der Waals surface area (Å²) in [6.45, 7) is -1.20. The van der Waals surface area contributed by atoms with E-state index in [0.717, 1.165) is 14.2 Å². The van der Waals surface area contributed by atoms with Gasteiger partial charge in [0, 0.05) is 49.8 Å². The standard InChI is InChI=1S/C4H10O3.C3H8O3.C2H4O2.2CH4O.H2O/c1-5-4(6-2)7-3;1-5-3(4)6-2;1-4-2-3;2*1-2;/h4H,1-3H3;3-4H,1-2H3;2H,1H3;2*2H,1H3;1H2. The van der Waals surface area contributed by atoms with Gasteiger partial charge in [-0.1, -0.05) is 0 Å². The number of carbonyl (C=O) groups is 1. The number of aliphatic hydroxyl groups excluding tert-OH is 3. The number of aliphatic hydroxyl groups is 3. The molecule has 0 spiro atoms. The predicted molar refractivity (Wildman–Crippen MR) is 77.8 cm³/mol. The SMILES string of the molecule is CO.CO.COC(O)OC.COC(OC)OC.COC=O.O. The third kappa shape index (κ3) is 61.3. The first-order chi connectivity index (χ1) is 10.1. The van der Waals surface area contributed by atoms with Crippen LogP contribution in [0.25, 0.3) is 0 Å². The van der Waals surface area contributed by atoms with Crippen LogP contribution in [-0.2, 0) is 33.2 Å². The molecule has 11 nitrogen and oxygen atoms in total. The fraction of sp³-hybridized carbons (Fsp3) is 0.909. The van der Waals surface area contributed by atoms with Crippen LogP contribution in [0.4, 0.5) is 0 Å². The first-order valence-corrected chi connectivity index (χ1v) is 5.25.